The van der Waals surface area contributed by atoms with E-state index in [1.54, 1.807) is 0 Å². The number of carbonyl (C=O) groups is 1. The van der Waals surface area contributed by atoms with Crippen LogP contribution in [0.25, 0.3) is 0 Å². The minimum atomic E-state index is -0.293. The van der Waals surface area contributed by atoms with Gasteiger partial charge in [0.05, 0.1) is 12.2 Å². The maximum Gasteiger partial charge on any atom is 0.240 e. The minimum Gasteiger partial charge on any atom is -0.360 e. The Morgan fingerprint density at radius 1 is 1.50 bits per heavy atom. The molecule has 0 bridgehead atoms. The second kappa shape index (κ2) is 4.39. The Kier molecular flexibility index (Phi) is 2.86. The first-order valence-corrected chi connectivity index (χ1v) is 6.66. The van der Waals surface area contributed by atoms with Crippen LogP contribution in [0.4, 0.5) is 0 Å². The first-order valence-electron chi connectivity index (χ1n) is 6.66. The van der Waals surface area contributed by atoms with Crippen LogP contribution in [-0.4, -0.2) is 34.6 Å². The number of piperidine rings is 1. The lowest BCUT2D eigenvalue weighted by Gasteiger charge is -2.39. The molecule has 1 N–H and O–H groups in total. The second-order valence-electron chi connectivity index (χ2n) is 5.35. The molecule has 1 spiro atoms. The lowest BCUT2D eigenvalue weighted by Crippen LogP contribution is -2.58. The molecule has 2 fully saturated rings. The third-order valence-corrected chi connectivity index (χ3v) is 4.12. The minimum absolute atomic E-state index is 0.197. The SMILES string of the molecule is Cc1cc(CN2CCCC23CCCNC3=O)on1. The van der Waals surface area contributed by atoms with E-state index in [0.717, 1.165) is 50.2 Å². The summed E-state index contributed by atoms with van der Waals surface area (Å²) in [5, 5.41) is 6.92. The van der Waals surface area contributed by atoms with Crippen LogP contribution >= 0.6 is 0 Å². The van der Waals surface area contributed by atoms with E-state index >= 15 is 0 Å². The Balaban J connectivity index is 1.80. The average molecular weight is 249 g/mol. The number of aryl methyl sites for hydroxylation is 1. The van der Waals surface area contributed by atoms with Crippen molar-refractivity contribution < 1.29 is 9.32 Å². The molecule has 5 nitrogen and oxygen atoms in total. The number of aromatic nitrogens is 1. The van der Waals surface area contributed by atoms with E-state index in [2.05, 4.69) is 15.4 Å². The molecule has 0 aliphatic carbocycles. The largest absolute Gasteiger partial charge is 0.360 e. The highest BCUT2D eigenvalue weighted by Crippen LogP contribution is 2.36. The van der Waals surface area contributed by atoms with Gasteiger partial charge in [-0.05, 0) is 39.2 Å². The van der Waals surface area contributed by atoms with Crippen LogP contribution in [0.3, 0.4) is 0 Å². The van der Waals surface area contributed by atoms with E-state index in [-0.39, 0.29) is 11.4 Å². The molecule has 0 aromatic carbocycles. The molecule has 1 unspecified atom stereocenters. The van der Waals surface area contributed by atoms with Gasteiger partial charge in [-0.15, -0.1) is 0 Å². The zero-order valence-corrected chi connectivity index (χ0v) is 10.7. The number of carbonyl (C=O) groups excluding carboxylic acids is 1. The standard InChI is InChI=1S/C13H19N3O2/c1-10-8-11(18-15-10)9-16-7-3-5-13(16)4-2-6-14-12(13)17/h8H,2-7,9H2,1H3,(H,14,17). The zero-order chi connectivity index (χ0) is 12.6. The Morgan fingerprint density at radius 3 is 3.06 bits per heavy atom. The van der Waals surface area contributed by atoms with E-state index in [4.69, 9.17) is 4.52 Å². The van der Waals surface area contributed by atoms with Crippen molar-refractivity contribution in [3.63, 3.8) is 0 Å². The van der Waals surface area contributed by atoms with E-state index < -0.39 is 0 Å². The summed E-state index contributed by atoms with van der Waals surface area (Å²) in [6.07, 6.45) is 4.08. The second-order valence-corrected chi connectivity index (χ2v) is 5.35. The molecule has 1 aromatic heterocycles. The molecular formula is C13H19N3O2. The lowest BCUT2D eigenvalue weighted by atomic mass is 9.86. The highest BCUT2D eigenvalue weighted by Gasteiger charge is 2.48. The van der Waals surface area contributed by atoms with Crippen LogP contribution in [0.15, 0.2) is 10.6 Å². The number of hydrogen-bond donors (Lipinski definition) is 1. The molecular weight excluding hydrogens is 230 g/mol. The van der Waals surface area contributed by atoms with Crippen LogP contribution in [0.5, 0.6) is 0 Å². The van der Waals surface area contributed by atoms with Gasteiger partial charge in [0, 0.05) is 12.6 Å². The van der Waals surface area contributed by atoms with E-state index in [0.29, 0.717) is 6.54 Å². The average Bonchev–Trinajstić information content (AvgIpc) is 2.93. The van der Waals surface area contributed by atoms with Gasteiger partial charge in [-0.1, -0.05) is 5.16 Å². The van der Waals surface area contributed by atoms with Crippen molar-refractivity contribution in [3.8, 4) is 0 Å². The molecule has 5 heteroatoms. The fraction of sp³-hybridized carbons (Fsp3) is 0.692. The maximum absolute atomic E-state index is 12.2. The molecule has 1 amide bonds. The van der Waals surface area contributed by atoms with Gasteiger partial charge in [-0.3, -0.25) is 9.69 Å². The normalized spacial score (nSPS) is 28.8. The van der Waals surface area contributed by atoms with Gasteiger partial charge >= 0.3 is 0 Å². The summed E-state index contributed by atoms with van der Waals surface area (Å²) in [4.78, 5) is 14.5. The predicted octanol–water partition coefficient (Wildman–Crippen LogP) is 1.23. The Hall–Kier alpha value is -1.36. The lowest BCUT2D eigenvalue weighted by molar-refractivity contribution is -0.135. The van der Waals surface area contributed by atoms with Gasteiger partial charge < -0.3 is 9.84 Å². The van der Waals surface area contributed by atoms with Crippen molar-refractivity contribution in [2.24, 2.45) is 0 Å². The van der Waals surface area contributed by atoms with Gasteiger partial charge in [0.25, 0.3) is 0 Å². The van der Waals surface area contributed by atoms with Crippen molar-refractivity contribution in [3.05, 3.63) is 17.5 Å². The molecule has 3 rings (SSSR count). The van der Waals surface area contributed by atoms with Crippen LogP contribution in [0.2, 0.25) is 0 Å². The van der Waals surface area contributed by atoms with Crippen molar-refractivity contribution in [2.45, 2.75) is 44.7 Å². The van der Waals surface area contributed by atoms with Gasteiger partial charge in [0.2, 0.25) is 5.91 Å². The Labute approximate surface area is 107 Å². The van der Waals surface area contributed by atoms with Crippen LogP contribution in [-0.2, 0) is 11.3 Å². The van der Waals surface area contributed by atoms with E-state index in [1.165, 1.54) is 0 Å². The summed E-state index contributed by atoms with van der Waals surface area (Å²) in [6.45, 7) is 4.39. The highest BCUT2D eigenvalue weighted by molar-refractivity contribution is 5.87. The summed E-state index contributed by atoms with van der Waals surface area (Å²) >= 11 is 0. The van der Waals surface area contributed by atoms with Crippen molar-refractivity contribution in [1.82, 2.24) is 15.4 Å². The van der Waals surface area contributed by atoms with Gasteiger partial charge in [-0.25, -0.2) is 0 Å². The van der Waals surface area contributed by atoms with Crippen LogP contribution in [0, 0.1) is 6.92 Å². The van der Waals surface area contributed by atoms with Gasteiger partial charge in [0.15, 0.2) is 5.76 Å². The van der Waals surface area contributed by atoms with Crippen molar-refractivity contribution in [1.29, 1.82) is 0 Å². The molecule has 3 heterocycles. The molecule has 0 radical (unpaired) electrons. The fourth-order valence-corrected chi connectivity index (χ4v) is 3.24. The number of nitrogens with one attached hydrogen (secondary N) is 1. The third kappa shape index (κ3) is 1.82. The van der Waals surface area contributed by atoms with Gasteiger partial charge in [0.1, 0.15) is 5.54 Å². The first-order chi connectivity index (χ1) is 8.71. The van der Waals surface area contributed by atoms with Crippen molar-refractivity contribution in [2.75, 3.05) is 13.1 Å². The smallest absolute Gasteiger partial charge is 0.240 e. The number of likely N-dealkylation sites (tertiary alicyclic amines) is 1. The molecule has 18 heavy (non-hydrogen) atoms. The monoisotopic (exact) mass is 249 g/mol. The van der Waals surface area contributed by atoms with Crippen molar-refractivity contribution >= 4 is 5.91 Å². The fourth-order valence-electron chi connectivity index (χ4n) is 3.24. The number of nitrogens with zero attached hydrogens (tertiary/aromatic N) is 2. The topological polar surface area (TPSA) is 58.4 Å². The third-order valence-electron chi connectivity index (χ3n) is 4.12. The highest BCUT2D eigenvalue weighted by atomic mass is 16.5. The summed E-state index contributed by atoms with van der Waals surface area (Å²) in [7, 11) is 0. The molecule has 1 atom stereocenters. The first kappa shape index (κ1) is 11.7. The zero-order valence-electron chi connectivity index (χ0n) is 10.7. The predicted molar refractivity (Wildman–Crippen MR) is 65.9 cm³/mol. The molecule has 2 aliphatic heterocycles. The summed E-state index contributed by atoms with van der Waals surface area (Å²) in [6, 6.07) is 1.95. The number of rotatable bonds is 2. The quantitative estimate of drug-likeness (QED) is 0.856. The molecule has 0 saturated carbocycles. The molecule has 2 aliphatic rings. The Morgan fingerprint density at radius 2 is 2.33 bits per heavy atom. The number of amides is 1. The summed E-state index contributed by atoms with van der Waals surface area (Å²) in [5.74, 6) is 1.05. The summed E-state index contributed by atoms with van der Waals surface area (Å²) < 4.78 is 5.27. The Bertz CT molecular complexity index is 457. The van der Waals surface area contributed by atoms with Crippen LogP contribution in [0.1, 0.15) is 37.1 Å². The molecule has 2 saturated heterocycles. The van der Waals surface area contributed by atoms with Crippen LogP contribution < -0.4 is 5.32 Å². The molecule has 98 valence electrons. The summed E-state index contributed by atoms with van der Waals surface area (Å²) in [5.41, 5.74) is 0.602. The molecule has 1 aromatic rings. The van der Waals surface area contributed by atoms with Gasteiger partial charge in [-0.2, -0.15) is 0 Å². The number of hydrogen-bond acceptors (Lipinski definition) is 4. The maximum atomic E-state index is 12.2. The van der Waals surface area contributed by atoms with E-state index in [9.17, 15) is 4.79 Å². The van der Waals surface area contributed by atoms with E-state index in [1.807, 2.05) is 13.0 Å².